The first kappa shape index (κ1) is 12.2. The first-order chi connectivity index (χ1) is 6.78. The van der Waals surface area contributed by atoms with Gasteiger partial charge in [-0.05, 0) is 20.8 Å². The molecule has 84 valence electrons. The summed E-state index contributed by atoms with van der Waals surface area (Å²) in [5.74, 6) is 1.84. The van der Waals surface area contributed by atoms with E-state index in [2.05, 4.69) is 36.1 Å². The van der Waals surface area contributed by atoms with Crippen molar-refractivity contribution in [3.63, 3.8) is 0 Å². The van der Waals surface area contributed by atoms with Crippen LogP contribution < -0.4 is 5.32 Å². The molecule has 0 aliphatic carbocycles. The molecule has 1 aromatic heterocycles. The van der Waals surface area contributed by atoms with Crippen molar-refractivity contribution in [2.75, 3.05) is 5.32 Å². The largest absolute Gasteiger partial charge is 0.365 e. The van der Waals surface area contributed by atoms with Crippen LogP contribution in [0.2, 0.25) is 5.15 Å². The molecule has 0 fully saturated rings. The van der Waals surface area contributed by atoms with Gasteiger partial charge in [0, 0.05) is 17.5 Å². The molecule has 1 rings (SSSR count). The van der Waals surface area contributed by atoms with Crippen molar-refractivity contribution in [2.24, 2.45) is 0 Å². The fraction of sp³-hybridized carbons (Fsp3) is 0.636. The lowest BCUT2D eigenvalue weighted by molar-refractivity contribution is 0.627. The summed E-state index contributed by atoms with van der Waals surface area (Å²) in [6, 6.07) is 1.75. The van der Waals surface area contributed by atoms with Gasteiger partial charge in [-0.2, -0.15) is 0 Å². The highest BCUT2D eigenvalue weighted by Gasteiger charge is 2.13. The fourth-order valence-corrected chi connectivity index (χ4v) is 1.33. The molecule has 0 saturated heterocycles. The number of anilines is 1. The monoisotopic (exact) mass is 227 g/mol. The van der Waals surface area contributed by atoms with Gasteiger partial charge in [0.2, 0.25) is 0 Å². The summed E-state index contributed by atoms with van der Waals surface area (Å²) in [6.45, 7) is 10.3. The summed E-state index contributed by atoms with van der Waals surface area (Å²) in [7, 11) is 0. The van der Waals surface area contributed by atoms with Crippen LogP contribution in [0, 0.1) is 0 Å². The van der Waals surface area contributed by atoms with Crippen molar-refractivity contribution < 1.29 is 0 Å². The van der Waals surface area contributed by atoms with Gasteiger partial charge in [-0.15, -0.1) is 0 Å². The maximum absolute atomic E-state index is 5.93. The molecule has 0 aliphatic heterocycles. The molecule has 1 N–H and O–H groups in total. The lowest BCUT2D eigenvalue weighted by Crippen LogP contribution is -2.27. The first-order valence-electron chi connectivity index (χ1n) is 5.10. The molecule has 0 bridgehead atoms. The van der Waals surface area contributed by atoms with Crippen LogP contribution in [0.5, 0.6) is 0 Å². The molecular weight excluding hydrogens is 210 g/mol. The zero-order valence-electron chi connectivity index (χ0n) is 9.93. The third-order valence-corrected chi connectivity index (χ3v) is 1.93. The minimum absolute atomic E-state index is 0.0219. The molecule has 3 nitrogen and oxygen atoms in total. The Morgan fingerprint density at radius 2 is 1.87 bits per heavy atom. The van der Waals surface area contributed by atoms with Crippen LogP contribution in [0.3, 0.4) is 0 Å². The van der Waals surface area contributed by atoms with E-state index in [-0.39, 0.29) is 11.5 Å². The molecule has 0 spiro atoms. The quantitative estimate of drug-likeness (QED) is 0.787. The number of hydrogen-bond acceptors (Lipinski definition) is 3. The van der Waals surface area contributed by atoms with Gasteiger partial charge in [0.25, 0.3) is 0 Å². The lowest BCUT2D eigenvalue weighted by Gasteiger charge is -2.21. The van der Waals surface area contributed by atoms with Gasteiger partial charge in [0.15, 0.2) is 0 Å². The molecule has 1 heterocycles. The van der Waals surface area contributed by atoms with Crippen LogP contribution in [0.25, 0.3) is 0 Å². The summed E-state index contributed by atoms with van der Waals surface area (Å²) in [5.41, 5.74) is -0.0219. The van der Waals surface area contributed by atoms with Crippen LogP contribution >= 0.6 is 11.6 Å². The third-order valence-electron chi connectivity index (χ3n) is 1.73. The smallest absolute Gasteiger partial charge is 0.135 e. The van der Waals surface area contributed by atoms with Crippen LogP contribution in [0.1, 0.15) is 46.4 Å². The van der Waals surface area contributed by atoms with Crippen molar-refractivity contribution in [3.8, 4) is 0 Å². The minimum Gasteiger partial charge on any atom is -0.365 e. The predicted octanol–water partition coefficient (Wildman–Crippen LogP) is 3.46. The highest BCUT2D eigenvalue weighted by atomic mass is 35.5. The molecule has 0 radical (unpaired) electrons. The Morgan fingerprint density at radius 3 is 2.33 bits per heavy atom. The topological polar surface area (TPSA) is 37.8 Å². The second kappa shape index (κ2) is 4.35. The Bertz CT molecular complexity index is 342. The number of nitrogens with zero attached hydrogens (tertiary/aromatic N) is 2. The maximum atomic E-state index is 5.93. The van der Waals surface area contributed by atoms with Gasteiger partial charge in [-0.25, -0.2) is 9.97 Å². The van der Waals surface area contributed by atoms with Gasteiger partial charge in [-0.3, -0.25) is 0 Å². The summed E-state index contributed by atoms with van der Waals surface area (Å²) >= 11 is 5.93. The minimum atomic E-state index is -0.0219. The Labute approximate surface area is 96.3 Å². The lowest BCUT2D eigenvalue weighted by atomic mass is 10.1. The van der Waals surface area contributed by atoms with E-state index in [9.17, 15) is 0 Å². The summed E-state index contributed by atoms with van der Waals surface area (Å²) in [6.07, 6.45) is 0. The molecule has 0 aliphatic rings. The van der Waals surface area contributed by atoms with E-state index in [0.29, 0.717) is 5.15 Å². The van der Waals surface area contributed by atoms with E-state index >= 15 is 0 Å². The van der Waals surface area contributed by atoms with E-state index in [0.717, 1.165) is 11.6 Å². The standard InChI is InChI=1S/C11H18ClN3/c1-7(2)10-13-8(12)6-9(14-10)15-11(3,4)5/h6-7H,1-5H3,(H,13,14,15). The van der Waals surface area contributed by atoms with E-state index in [1.165, 1.54) is 0 Å². The Hall–Kier alpha value is -0.830. The number of halogens is 1. The van der Waals surface area contributed by atoms with Crippen molar-refractivity contribution in [1.82, 2.24) is 9.97 Å². The summed E-state index contributed by atoms with van der Waals surface area (Å²) < 4.78 is 0. The van der Waals surface area contributed by atoms with Gasteiger partial charge >= 0.3 is 0 Å². The maximum Gasteiger partial charge on any atom is 0.135 e. The Balaban J connectivity index is 2.99. The molecule has 0 aromatic carbocycles. The molecule has 0 amide bonds. The van der Waals surface area contributed by atoms with Gasteiger partial charge < -0.3 is 5.32 Å². The number of aromatic nitrogens is 2. The average molecular weight is 228 g/mol. The van der Waals surface area contributed by atoms with Crippen molar-refractivity contribution in [3.05, 3.63) is 17.0 Å². The molecule has 0 atom stereocenters. The van der Waals surface area contributed by atoms with E-state index in [4.69, 9.17) is 11.6 Å². The molecule has 15 heavy (non-hydrogen) atoms. The Kier molecular flexibility index (Phi) is 3.55. The van der Waals surface area contributed by atoms with Crippen LogP contribution in [-0.2, 0) is 0 Å². The Morgan fingerprint density at radius 1 is 1.27 bits per heavy atom. The van der Waals surface area contributed by atoms with Gasteiger partial charge in [-0.1, -0.05) is 25.4 Å². The highest BCUT2D eigenvalue weighted by Crippen LogP contribution is 2.19. The second-order valence-corrected chi connectivity index (χ2v) is 5.35. The molecule has 1 aromatic rings. The van der Waals surface area contributed by atoms with E-state index in [1.54, 1.807) is 6.07 Å². The molecular formula is C11H18ClN3. The van der Waals surface area contributed by atoms with Gasteiger partial charge in [0.05, 0.1) is 0 Å². The fourth-order valence-electron chi connectivity index (χ4n) is 1.14. The first-order valence-corrected chi connectivity index (χ1v) is 5.48. The second-order valence-electron chi connectivity index (χ2n) is 4.96. The number of hydrogen-bond donors (Lipinski definition) is 1. The number of rotatable bonds is 2. The van der Waals surface area contributed by atoms with E-state index in [1.807, 2.05) is 13.8 Å². The molecule has 0 unspecified atom stereocenters. The third kappa shape index (κ3) is 4.04. The van der Waals surface area contributed by atoms with Crippen LogP contribution in [-0.4, -0.2) is 15.5 Å². The molecule has 0 saturated carbocycles. The summed E-state index contributed by atoms with van der Waals surface area (Å²) in [5, 5.41) is 3.77. The van der Waals surface area contributed by atoms with Crippen molar-refractivity contribution >= 4 is 17.4 Å². The normalized spacial score (nSPS) is 11.9. The molecule has 4 heteroatoms. The predicted molar refractivity (Wildman–Crippen MR) is 64.5 cm³/mol. The van der Waals surface area contributed by atoms with Crippen molar-refractivity contribution in [2.45, 2.75) is 46.1 Å². The highest BCUT2D eigenvalue weighted by molar-refractivity contribution is 6.29. The van der Waals surface area contributed by atoms with E-state index < -0.39 is 0 Å². The van der Waals surface area contributed by atoms with Crippen molar-refractivity contribution in [1.29, 1.82) is 0 Å². The SMILES string of the molecule is CC(C)c1nc(Cl)cc(NC(C)(C)C)n1. The zero-order chi connectivity index (χ0) is 11.6. The van der Waals surface area contributed by atoms with Crippen LogP contribution in [0.15, 0.2) is 6.07 Å². The number of nitrogens with one attached hydrogen (secondary N) is 1. The average Bonchev–Trinajstić information content (AvgIpc) is 1.99. The van der Waals surface area contributed by atoms with Gasteiger partial charge in [0.1, 0.15) is 16.8 Å². The summed E-state index contributed by atoms with van der Waals surface area (Å²) in [4.78, 5) is 8.59. The zero-order valence-corrected chi connectivity index (χ0v) is 10.7. The van der Waals surface area contributed by atoms with Crippen LogP contribution in [0.4, 0.5) is 5.82 Å².